The lowest BCUT2D eigenvalue weighted by molar-refractivity contribution is -0.384. The van der Waals surface area contributed by atoms with Gasteiger partial charge in [0.1, 0.15) is 17.9 Å². The second-order valence-corrected chi connectivity index (χ2v) is 16.4. The molecule has 63 heavy (non-hydrogen) atoms. The number of non-ortho nitro benzene ring substituents is 1. The number of hydrogen-bond donors (Lipinski definition) is 1. The Kier molecular flexibility index (Phi) is 11.7. The first-order chi connectivity index (χ1) is 30.6. The minimum atomic E-state index is -0.980. The van der Waals surface area contributed by atoms with Crippen LogP contribution in [-0.2, 0) is 25.7 Å². The van der Waals surface area contributed by atoms with Crippen LogP contribution in [0.4, 0.5) is 17.1 Å². The lowest BCUT2D eigenvalue weighted by Gasteiger charge is -2.37. The molecule has 1 N–H and O–H groups in total. The van der Waals surface area contributed by atoms with Crippen LogP contribution < -0.4 is 19.9 Å². The van der Waals surface area contributed by atoms with Gasteiger partial charge >= 0.3 is 0 Å². The molecule has 0 aromatic heterocycles. The Labute approximate surface area is 363 Å². The van der Waals surface area contributed by atoms with Crippen LogP contribution in [0.3, 0.4) is 0 Å². The number of nitrogens with one attached hydrogen (secondary N) is 1. The monoisotopic (exact) mass is 850 g/mol. The van der Waals surface area contributed by atoms with Gasteiger partial charge in [0.2, 0.25) is 11.8 Å². The zero-order valence-electron chi connectivity index (χ0n) is 34.5. The number of para-hydroxylation sites is 1. The van der Waals surface area contributed by atoms with Gasteiger partial charge in [-0.1, -0.05) is 42.5 Å². The van der Waals surface area contributed by atoms with Crippen molar-refractivity contribution in [2.45, 2.75) is 56.9 Å². The van der Waals surface area contributed by atoms with E-state index in [1.807, 2.05) is 60.7 Å². The predicted octanol–water partition coefficient (Wildman–Crippen LogP) is 5.78. The standard InChI is InChI=1S/C48H46N6O9/c55-44-20-19-43(45(56)49-44)53-47(58)40-18-15-34(27-41(40)48(53)59)51-24-22-50(23-25-51)21-4-26-62-36-28-37(29-36)63-35-16-11-32(12-17-35)30-52-42-8-2-1-6-38(42)39(46(52)57)7-3-5-31-9-13-33(14-10-31)54(60)61/h1-3,5-18,27,36-37,43H,4,19-26,28-30H2,(H,49,55,56)/b5-3+,39-7-/t36-,37-,43?. The Morgan fingerprint density at radius 2 is 1.54 bits per heavy atom. The molecule has 4 aliphatic heterocycles. The number of piperidine rings is 1. The molecule has 15 heteroatoms. The number of fused-ring (bicyclic) bond motifs is 2. The highest BCUT2D eigenvalue weighted by molar-refractivity contribution is 6.32. The minimum absolute atomic E-state index is 0.0267. The molecule has 1 aliphatic carbocycles. The van der Waals surface area contributed by atoms with Crippen LogP contribution in [0.5, 0.6) is 5.75 Å². The van der Waals surface area contributed by atoms with E-state index >= 15 is 0 Å². The summed E-state index contributed by atoms with van der Waals surface area (Å²) >= 11 is 0. The van der Waals surface area contributed by atoms with Crippen LogP contribution >= 0.6 is 0 Å². The lowest BCUT2D eigenvalue weighted by Crippen LogP contribution is -2.54. The molecule has 3 fully saturated rings. The second kappa shape index (κ2) is 17.8. The van der Waals surface area contributed by atoms with Gasteiger partial charge < -0.3 is 19.3 Å². The van der Waals surface area contributed by atoms with Crippen molar-refractivity contribution < 1.29 is 38.4 Å². The van der Waals surface area contributed by atoms with Gasteiger partial charge in [-0.05, 0) is 78.6 Å². The molecule has 5 amide bonds. The molecule has 5 aliphatic rings. The van der Waals surface area contributed by atoms with Crippen molar-refractivity contribution in [1.82, 2.24) is 15.1 Å². The fourth-order valence-corrected chi connectivity index (χ4v) is 8.81. The number of nitro groups is 1. The van der Waals surface area contributed by atoms with Crippen LogP contribution in [0.25, 0.3) is 11.6 Å². The number of nitrogens with zero attached hydrogens (tertiary/aromatic N) is 5. The van der Waals surface area contributed by atoms with Crippen molar-refractivity contribution in [2.24, 2.45) is 0 Å². The van der Waals surface area contributed by atoms with Gasteiger partial charge in [-0.25, -0.2) is 0 Å². The SMILES string of the molecule is O=C1CCC(N2C(=O)c3ccc(N4CCN(CCCO[C@H]5C[C@H](Oc6ccc(CN7C(=O)/C(=C\C=C\c8ccc([N+](=O)[O-])cc8)c8ccccc87)cc6)C5)CC4)cc3C2=O)C(=O)N1. The third kappa shape index (κ3) is 8.74. The Bertz CT molecular complexity index is 2520. The zero-order valence-corrected chi connectivity index (χ0v) is 34.5. The molecular formula is C48H46N6O9. The highest BCUT2D eigenvalue weighted by atomic mass is 16.6. The van der Waals surface area contributed by atoms with E-state index in [0.29, 0.717) is 24.3 Å². The number of hydrogen-bond acceptors (Lipinski definition) is 11. The van der Waals surface area contributed by atoms with Crippen LogP contribution in [0, 0.1) is 10.1 Å². The van der Waals surface area contributed by atoms with Crippen molar-refractivity contribution in [3.05, 3.63) is 141 Å². The van der Waals surface area contributed by atoms with Gasteiger partial charge in [0.25, 0.3) is 23.4 Å². The number of anilines is 2. The summed E-state index contributed by atoms with van der Waals surface area (Å²) in [6.45, 7) is 5.25. The van der Waals surface area contributed by atoms with Gasteiger partial charge in [-0.3, -0.25) is 49.2 Å². The maximum atomic E-state index is 13.6. The number of rotatable bonds is 14. The Morgan fingerprint density at radius 1 is 0.794 bits per heavy atom. The van der Waals surface area contributed by atoms with E-state index in [0.717, 1.165) is 90.7 Å². The molecule has 1 saturated carbocycles. The van der Waals surface area contributed by atoms with Crippen LogP contribution in [-0.4, -0.2) is 102 Å². The van der Waals surface area contributed by atoms with Gasteiger partial charge in [-0.15, -0.1) is 0 Å². The van der Waals surface area contributed by atoms with E-state index < -0.39 is 34.6 Å². The number of carbonyl (C=O) groups is 5. The van der Waals surface area contributed by atoms with Gasteiger partial charge in [0.05, 0.1) is 34.4 Å². The summed E-state index contributed by atoms with van der Waals surface area (Å²) in [4.78, 5) is 81.9. The summed E-state index contributed by atoms with van der Waals surface area (Å²) in [6.07, 6.45) is 8.42. The molecule has 1 atom stereocenters. The molecule has 4 aromatic rings. The highest BCUT2D eigenvalue weighted by Crippen LogP contribution is 2.38. The van der Waals surface area contributed by atoms with Crippen molar-refractivity contribution in [2.75, 3.05) is 49.1 Å². The quantitative estimate of drug-likeness (QED) is 0.0537. The first kappa shape index (κ1) is 41.4. The van der Waals surface area contributed by atoms with E-state index in [1.54, 1.807) is 41.3 Å². The van der Waals surface area contributed by atoms with Crippen LogP contribution in [0.1, 0.15) is 69.5 Å². The van der Waals surface area contributed by atoms with Crippen molar-refractivity contribution in [1.29, 1.82) is 0 Å². The molecule has 2 saturated heterocycles. The fourth-order valence-electron chi connectivity index (χ4n) is 8.81. The van der Waals surface area contributed by atoms with Crippen molar-refractivity contribution in [3.63, 3.8) is 0 Å². The van der Waals surface area contributed by atoms with E-state index in [-0.39, 0.29) is 42.2 Å². The predicted molar refractivity (Wildman–Crippen MR) is 234 cm³/mol. The summed E-state index contributed by atoms with van der Waals surface area (Å²) in [6, 6.07) is 26.1. The molecule has 322 valence electrons. The zero-order chi connectivity index (χ0) is 43.6. The first-order valence-corrected chi connectivity index (χ1v) is 21.3. The Morgan fingerprint density at radius 3 is 2.29 bits per heavy atom. The molecule has 0 bridgehead atoms. The van der Waals surface area contributed by atoms with E-state index in [1.165, 1.54) is 12.1 Å². The molecule has 1 unspecified atom stereocenters. The van der Waals surface area contributed by atoms with Gasteiger partial charge in [0.15, 0.2) is 0 Å². The maximum Gasteiger partial charge on any atom is 0.269 e. The summed E-state index contributed by atoms with van der Waals surface area (Å²) < 4.78 is 12.4. The number of ether oxygens (including phenoxy) is 2. The molecule has 4 aromatic carbocycles. The summed E-state index contributed by atoms with van der Waals surface area (Å²) in [5.74, 6) is -1.33. The van der Waals surface area contributed by atoms with Crippen molar-refractivity contribution >= 4 is 58.2 Å². The molecule has 4 heterocycles. The highest BCUT2D eigenvalue weighted by Gasteiger charge is 2.45. The fraction of sp³-hybridized carbons (Fsp3) is 0.312. The van der Waals surface area contributed by atoms with Gasteiger partial charge in [-0.2, -0.15) is 0 Å². The molecule has 9 rings (SSSR count). The normalized spacial score (nSPS) is 21.8. The Hall–Kier alpha value is -6.97. The van der Waals surface area contributed by atoms with Crippen molar-refractivity contribution in [3.8, 4) is 5.75 Å². The largest absolute Gasteiger partial charge is 0.490 e. The summed E-state index contributed by atoms with van der Waals surface area (Å²) in [5, 5.41) is 13.2. The number of imide groups is 2. The summed E-state index contributed by atoms with van der Waals surface area (Å²) in [5.41, 5.74) is 5.52. The van der Waals surface area contributed by atoms with E-state index in [2.05, 4.69) is 15.1 Å². The number of carbonyl (C=O) groups excluding carboxylic acids is 5. The summed E-state index contributed by atoms with van der Waals surface area (Å²) in [7, 11) is 0. The molecule has 0 radical (unpaired) electrons. The maximum absolute atomic E-state index is 13.6. The first-order valence-electron chi connectivity index (χ1n) is 21.3. The Balaban J connectivity index is 0.681. The van der Waals surface area contributed by atoms with Crippen LogP contribution in [0.15, 0.2) is 103 Å². The average molecular weight is 851 g/mol. The van der Waals surface area contributed by atoms with E-state index in [9.17, 15) is 34.1 Å². The number of nitro benzene ring substituents is 1. The van der Waals surface area contributed by atoms with E-state index in [4.69, 9.17) is 9.47 Å². The number of allylic oxidation sites excluding steroid dienone is 2. The van der Waals surface area contributed by atoms with Gasteiger partial charge in [0, 0.05) is 87.5 Å². The third-order valence-electron chi connectivity index (χ3n) is 12.4. The average Bonchev–Trinajstić information content (AvgIpc) is 3.68. The third-order valence-corrected chi connectivity index (χ3v) is 12.4. The molecule has 15 nitrogen and oxygen atoms in total. The minimum Gasteiger partial charge on any atom is -0.490 e. The molecule has 0 spiro atoms. The smallest absolute Gasteiger partial charge is 0.269 e. The number of benzene rings is 4. The lowest BCUT2D eigenvalue weighted by atomic mass is 9.92. The number of amides is 5. The second-order valence-electron chi connectivity index (χ2n) is 16.4. The molecular weight excluding hydrogens is 805 g/mol. The number of piperazine rings is 1. The topological polar surface area (TPSA) is 172 Å². The van der Waals surface area contributed by atoms with Crippen LogP contribution in [0.2, 0.25) is 0 Å².